The van der Waals surface area contributed by atoms with Crippen molar-refractivity contribution < 1.29 is 27.8 Å². The Morgan fingerprint density at radius 3 is 2.61 bits per heavy atom. The number of alkyl halides is 3. The Labute approximate surface area is 221 Å². The lowest BCUT2D eigenvalue weighted by atomic mass is 9.56. The number of nitrogens with one attached hydrogen (secondary N) is 1. The first-order chi connectivity index (χ1) is 17.9. The monoisotopic (exact) mass is 530 g/mol. The minimum atomic E-state index is -4.55. The van der Waals surface area contributed by atoms with Crippen molar-refractivity contribution >= 4 is 16.7 Å². The molecule has 38 heavy (non-hydrogen) atoms. The van der Waals surface area contributed by atoms with Gasteiger partial charge in [0.25, 0.3) is 0 Å². The van der Waals surface area contributed by atoms with Crippen molar-refractivity contribution in [3.05, 3.63) is 58.5 Å². The van der Waals surface area contributed by atoms with Crippen molar-refractivity contribution in [2.75, 3.05) is 14.1 Å². The van der Waals surface area contributed by atoms with Crippen LogP contribution in [0.25, 0.3) is 16.7 Å². The number of rotatable bonds is 1. The first kappa shape index (κ1) is 27.2. The highest BCUT2D eigenvalue weighted by molar-refractivity contribution is 5.82. The van der Waals surface area contributed by atoms with Gasteiger partial charge in [0.05, 0.1) is 11.7 Å². The number of aliphatic hydroxyl groups is 2. The van der Waals surface area contributed by atoms with Gasteiger partial charge in [-0.05, 0) is 93.8 Å². The van der Waals surface area contributed by atoms with E-state index in [1.54, 1.807) is 13.0 Å². The molecule has 1 aromatic heterocycles. The summed E-state index contributed by atoms with van der Waals surface area (Å²) in [7, 11) is 3.75. The molecule has 0 amide bonds. The molecule has 5 nitrogen and oxygen atoms in total. The van der Waals surface area contributed by atoms with Gasteiger partial charge in [0, 0.05) is 23.8 Å². The maximum atomic E-state index is 14.6. The molecule has 1 heterocycles. The molecule has 0 radical (unpaired) electrons. The molecule has 6 rings (SSSR count). The number of allylic oxidation sites excluding steroid dienone is 3. The normalized spacial score (nSPS) is 32.9. The standard InChI is InChI=1S/C28H30F3NO3.C2H7N/c1-15-32-23-7-4-17(13-24(23)35-15)20-6-8-25-26(20,2)14-22(28(29,30)31)21-12-18-11-19(33)5-3-16(18)9-10-27(21,25)34;1-3-2/h4,6-7,12-13,16,19,25,33-34H,3,5,8-11,14H2,1-2H3;3H,1-2H3/t16?,19?,25?,26?,27-;/m1./s1. The molecule has 5 atom stereocenters. The van der Waals surface area contributed by atoms with Crippen LogP contribution >= 0.6 is 0 Å². The molecule has 4 unspecified atom stereocenters. The Bertz CT molecular complexity index is 1320. The van der Waals surface area contributed by atoms with Crippen LogP contribution in [-0.4, -0.2) is 47.2 Å². The van der Waals surface area contributed by atoms with Crippen LogP contribution in [0.1, 0.15) is 63.3 Å². The van der Waals surface area contributed by atoms with E-state index < -0.39 is 28.9 Å². The second-order valence-electron chi connectivity index (χ2n) is 11.6. The smallest absolute Gasteiger partial charge is 0.413 e. The van der Waals surface area contributed by atoms with E-state index >= 15 is 0 Å². The molecular formula is C30H37F3N2O3. The molecule has 2 aromatic rings. The summed E-state index contributed by atoms with van der Waals surface area (Å²) in [6, 6.07) is 5.59. The predicted octanol–water partition coefficient (Wildman–Crippen LogP) is 6.26. The van der Waals surface area contributed by atoms with Gasteiger partial charge in [-0.1, -0.05) is 30.7 Å². The van der Waals surface area contributed by atoms with Gasteiger partial charge in [0.15, 0.2) is 11.5 Å². The van der Waals surface area contributed by atoms with Crippen molar-refractivity contribution in [3.63, 3.8) is 0 Å². The van der Waals surface area contributed by atoms with Crippen LogP contribution in [0.3, 0.4) is 0 Å². The summed E-state index contributed by atoms with van der Waals surface area (Å²) in [5.41, 5.74) is 0.790. The predicted molar refractivity (Wildman–Crippen MR) is 141 cm³/mol. The number of nitrogens with zero attached hydrogens (tertiary/aromatic N) is 1. The maximum absolute atomic E-state index is 14.6. The molecule has 1 aromatic carbocycles. The fourth-order valence-corrected chi connectivity index (χ4v) is 7.40. The molecule has 206 valence electrons. The fraction of sp³-hybridized carbons (Fsp3) is 0.567. The van der Waals surface area contributed by atoms with E-state index in [0.717, 1.165) is 23.1 Å². The lowest BCUT2D eigenvalue weighted by Crippen LogP contribution is -2.51. The topological polar surface area (TPSA) is 78.5 Å². The highest BCUT2D eigenvalue weighted by atomic mass is 19.4. The second kappa shape index (κ2) is 9.65. The second-order valence-corrected chi connectivity index (χ2v) is 11.6. The van der Waals surface area contributed by atoms with Crippen molar-refractivity contribution in [1.29, 1.82) is 0 Å². The summed E-state index contributed by atoms with van der Waals surface area (Å²) in [6.45, 7) is 3.64. The number of hydrogen-bond donors (Lipinski definition) is 3. The van der Waals surface area contributed by atoms with E-state index in [1.807, 2.05) is 45.3 Å². The number of halogens is 3. The average molecular weight is 531 g/mol. The number of benzene rings is 1. The molecule has 1 saturated carbocycles. The van der Waals surface area contributed by atoms with Gasteiger partial charge < -0.3 is 19.9 Å². The highest BCUT2D eigenvalue weighted by Gasteiger charge is 2.61. The Hall–Kier alpha value is -2.42. The van der Waals surface area contributed by atoms with Crippen LogP contribution in [0, 0.1) is 24.2 Å². The van der Waals surface area contributed by atoms with Gasteiger partial charge in [-0.15, -0.1) is 0 Å². The number of aliphatic hydroxyl groups excluding tert-OH is 1. The molecule has 1 fully saturated rings. The van der Waals surface area contributed by atoms with Gasteiger partial charge in [-0.3, -0.25) is 0 Å². The van der Waals surface area contributed by atoms with Crippen molar-refractivity contribution in [2.24, 2.45) is 17.3 Å². The van der Waals surface area contributed by atoms with E-state index in [-0.39, 0.29) is 23.8 Å². The Kier molecular flexibility index (Phi) is 6.89. The Morgan fingerprint density at radius 2 is 1.89 bits per heavy atom. The quantitative estimate of drug-likeness (QED) is 0.406. The zero-order valence-corrected chi connectivity index (χ0v) is 22.5. The van der Waals surface area contributed by atoms with Crippen molar-refractivity contribution in [1.82, 2.24) is 10.3 Å². The van der Waals surface area contributed by atoms with Crippen molar-refractivity contribution in [3.8, 4) is 0 Å². The zero-order chi connectivity index (χ0) is 27.5. The van der Waals surface area contributed by atoms with E-state index in [4.69, 9.17) is 4.42 Å². The average Bonchev–Trinajstić information content (AvgIpc) is 3.34. The van der Waals surface area contributed by atoms with Crippen LogP contribution in [0.4, 0.5) is 13.2 Å². The number of oxazole rings is 1. The summed E-state index contributed by atoms with van der Waals surface area (Å²) >= 11 is 0. The molecule has 8 heteroatoms. The van der Waals surface area contributed by atoms with Crippen LogP contribution < -0.4 is 5.32 Å². The number of aromatic nitrogens is 1. The third-order valence-corrected chi connectivity index (χ3v) is 9.05. The zero-order valence-electron chi connectivity index (χ0n) is 22.5. The molecule has 0 spiro atoms. The number of hydrogen-bond acceptors (Lipinski definition) is 5. The fourth-order valence-electron chi connectivity index (χ4n) is 7.40. The van der Waals surface area contributed by atoms with Gasteiger partial charge in [0.2, 0.25) is 0 Å². The molecule has 4 aliphatic carbocycles. The molecule has 0 saturated heterocycles. The summed E-state index contributed by atoms with van der Waals surface area (Å²) in [5, 5.41) is 25.1. The summed E-state index contributed by atoms with van der Waals surface area (Å²) < 4.78 is 49.5. The molecular weight excluding hydrogens is 493 g/mol. The maximum Gasteiger partial charge on any atom is 0.413 e. The largest absolute Gasteiger partial charge is 0.441 e. The van der Waals surface area contributed by atoms with Gasteiger partial charge in [-0.2, -0.15) is 13.2 Å². The highest BCUT2D eigenvalue weighted by Crippen LogP contribution is 2.64. The van der Waals surface area contributed by atoms with Gasteiger partial charge in [-0.25, -0.2) is 4.98 Å². The van der Waals surface area contributed by atoms with Crippen LogP contribution in [-0.2, 0) is 0 Å². The van der Waals surface area contributed by atoms with Crippen LogP contribution in [0.15, 0.2) is 51.5 Å². The number of fused-ring (bicyclic) bond motifs is 5. The summed E-state index contributed by atoms with van der Waals surface area (Å²) in [4.78, 5) is 4.33. The molecule has 3 N–H and O–H groups in total. The van der Waals surface area contributed by atoms with E-state index in [2.05, 4.69) is 10.3 Å². The first-order valence-electron chi connectivity index (χ1n) is 13.5. The van der Waals surface area contributed by atoms with Gasteiger partial charge >= 0.3 is 6.18 Å². The minimum Gasteiger partial charge on any atom is -0.441 e. The lowest BCUT2D eigenvalue weighted by Gasteiger charge is -2.50. The number of aryl methyl sites for hydroxylation is 1. The van der Waals surface area contributed by atoms with Crippen LogP contribution in [0.2, 0.25) is 0 Å². The van der Waals surface area contributed by atoms with E-state index in [1.165, 1.54) is 0 Å². The molecule has 0 bridgehead atoms. The summed E-state index contributed by atoms with van der Waals surface area (Å²) in [5.74, 6) is 0.297. The first-order valence-corrected chi connectivity index (χ1v) is 13.5. The third-order valence-electron chi connectivity index (χ3n) is 9.05. The molecule has 4 aliphatic rings. The molecule has 0 aliphatic heterocycles. The SMILES string of the molecule is CNC.Cc1nc2ccc(C3=CCC4C3(C)CC(C(F)(F)F)=C3C=C5CC(O)CCC5CC[C@@]34O)cc2o1. The minimum absolute atomic E-state index is 0.0371. The van der Waals surface area contributed by atoms with Gasteiger partial charge in [0.1, 0.15) is 5.52 Å². The van der Waals surface area contributed by atoms with E-state index in [0.29, 0.717) is 49.1 Å². The van der Waals surface area contributed by atoms with E-state index in [9.17, 15) is 23.4 Å². The summed E-state index contributed by atoms with van der Waals surface area (Å²) in [6.07, 6.45) is 1.60. The van der Waals surface area contributed by atoms with Crippen molar-refractivity contribution in [2.45, 2.75) is 76.7 Å². The third kappa shape index (κ3) is 4.44. The Morgan fingerprint density at radius 1 is 1.16 bits per heavy atom. The Balaban J connectivity index is 0.000000937. The lowest BCUT2D eigenvalue weighted by molar-refractivity contribution is -0.113. The van der Waals surface area contributed by atoms with Crippen LogP contribution in [0.5, 0.6) is 0 Å².